The number of rotatable bonds is 12. The average molecular weight is 485 g/mol. The number of hydrogen-bond acceptors (Lipinski definition) is 2. The minimum atomic E-state index is -3.54. The van der Waals surface area contributed by atoms with Crippen molar-refractivity contribution in [3.05, 3.63) is 65.0 Å². The van der Waals surface area contributed by atoms with Gasteiger partial charge in [-0.05, 0) is 66.3 Å². The third-order valence-corrected chi connectivity index (χ3v) is 6.59. The summed E-state index contributed by atoms with van der Waals surface area (Å²) in [6, 6.07) is 10.4. The zero-order valence-corrected chi connectivity index (χ0v) is 19.6. The molecule has 3 rings (SSSR count). The van der Waals surface area contributed by atoms with Gasteiger partial charge >= 0.3 is 12.7 Å². The summed E-state index contributed by atoms with van der Waals surface area (Å²) >= 11 is 0. The SMILES string of the molecule is CCCCCC1CCC(c2ccc(COC(F)(F)Cc3ccc(OC(F)F)c(F)c3)cc2)CC1. The number of unbranched alkanes of at least 4 members (excludes halogenated alkanes) is 2. The summed E-state index contributed by atoms with van der Waals surface area (Å²) in [7, 11) is 0. The molecule has 0 aromatic heterocycles. The summed E-state index contributed by atoms with van der Waals surface area (Å²) in [5.74, 6) is -0.461. The molecule has 188 valence electrons. The maximum atomic E-state index is 14.3. The van der Waals surface area contributed by atoms with Crippen LogP contribution in [0.2, 0.25) is 0 Å². The molecule has 0 amide bonds. The van der Waals surface area contributed by atoms with Crippen molar-refractivity contribution in [3.8, 4) is 5.75 Å². The van der Waals surface area contributed by atoms with Gasteiger partial charge in [0.2, 0.25) is 0 Å². The average Bonchev–Trinajstić information content (AvgIpc) is 2.80. The van der Waals surface area contributed by atoms with Gasteiger partial charge in [0.25, 0.3) is 0 Å². The van der Waals surface area contributed by atoms with E-state index in [9.17, 15) is 22.0 Å². The Morgan fingerprint density at radius 3 is 2.24 bits per heavy atom. The van der Waals surface area contributed by atoms with Gasteiger partial charge in [-0.15, -0.1) is 0 Å². The number of ether oxygens (including phenoxy) is 2. The first-order valence-corrected chi connectivity index (χ1v) is 12.1. The van der Waals surface area contributed by atoms with Crippen LogP contribution in [0.4, 0.5) is 22.0 Å². The van der Waals surface area contributed by atoms with Gasteiger partial charge in [0, 0.05) is 0 Å². The van der Waals surface area contributed by atoms with Crippen LogP contribution < -0.4 is 4.74 Å². The molecule has 0 unspecified atom stereocenters. The van der Waals surface area contributed by atoms with E-state index in [-0.39, 0.29) is 12.2 Å². The molecule has 2 aromatic carbocycles. The van der Waals surface area contributed by atoms with Gasteiger partial charge < -0.3 is 9.47 Å². The largest absolute Gasteiger partial charge is 0.432 e. The molecule has 0 bridgehead atoms. The molecule has 0 N–H and O–H groups in total. The van der Waals surface area contributed by atoms with Crippen LogP contribution in [-0.2, 0) is 17.8 Å². The Labute approximate surface area is 198 Å². The van der Waals surface area contributed by atoms with Gasteiger partial charge in [-0.25, -0.2) is 4.39 Å². The number of halogens is 5. The van der Waals surface area contributed by atoms with Gasteiger partial charge in [-0.2, -0.15) is 17.6 Å². The molecule has 0 aliphatic heterocycles. The van der Waals surface area contributed by atoms with Gasteiger partial charge in [-0.3, -0.25) is 0 Å². The fourth-order valence-electron chi connectivity index (χ4n) is 4.68. The Bertz CT molecular complexity index is 877. The predicted octanol–water partition coefficient (Wildman–Crippen LogP) is 8.63. The second-order valence-corrected chi connectivity index (χ2v) is 9.20. The lowest BCUT2D eigenvalue weighted by Gasteiger charge is -2.29. The number of benzene rings is 2. The topological polar surface area (TPSA) is 18.5 Å². The maximum Gasteiger partial charge on any atom is 0.387 e. The molecule has 2 nitrogen and oxygen atoms in total. The van der Waals surface area contributed by atoms with Gasteiger partial charge in [0.15, 0.2) is 11.6 Å². The first-order chi connectivity index (χ1) is 16.3. The lowest BCUT2D eigenvalue weighted by molar-refractivity contribution is -0.244. The maximum absolute atomic E-state index is 14.3. The highest BCUT2D eigenvalue weighted by Gasteiger charge is 2.31. The van der Waals surface area contributed by atoms with Gasteiger partial charge in [0.1, 0.15) is 0 Å². The second kappa shape index (κ2) is 12.5. The van der Waals surface area contributed by atoms with Crippen molar-refractivity contribution in [2.45, 2.75) is 90.0 Å². The third kappa shape index (κ3) is 8.26. The van der Waals surface area contributed by atoms with Gasteiger partial charge in [0.05, 0.1) is 13.0 Å². The van der Waals surface area contributed by atoms with Crippen molar-refractivity contribution in [1.29, 1.82) is 0 Å². The lowest BCUT2D eigenvalue weighted by atomic mass is 9.77. The molecule has 34 heavy (non-hydrogen) atoms. The molecule has 0 spiro atoms. The zero-order valence-electron chi connectivity index (χ0n) is 19.6. The van der Waals surface area contributed by atoms with Crippen molar-refractivity contribution in [2.75, 3.05) is 0 Å². The van der Waals surface area contributed by atoms with E-state index in [1.165, 1.54) is 56.9 Å². The summed E-state index contributed by atoms with van der Waals surface area (Å²) in [5, 5.41) is 0. The minimum absolute atomic E-state index is 0.0789. The molecule has 0 radical (unpaired) electrons. The van der Waals surface area contributed by atoms with Crippen LogP contribution in [0.15, 0.2) is 42.5 Å². The van der Waals surface area contributed by atoms with E-state index in [1.807, 2.05) is 24.3 Å². The van der Waals surface area contributed by atoms with E-state index in [4.69, 9.17) is 4.74 Å². The van der Waals surface area contributed by atoms with Crippen LogP contribution in [0.5, 0.6) is 5.75 Å². The summed E-state index contributed by atoms with van der Waals surface area (Å²) in [6.07, 6.45) is 5.63. The molecule has 7 heteroatoms. The fourth-order valence-corrected chi connectivity index (χ4v) is 4.68. The molecule has 0 saturated heterocycles. The smallest absolute Gasteiger partial charge is 0.387 e. The molecule has 1 aliphatic carbocycles. The summed E-state index contributed by atoms with van der Waals surface area (Å²) in [5.41, 5.74) is 1.79. The van der Waals surface area contributed by atoms with Crippen LogP contribution in [0, 0.1) is 11.7 Å². The van der Waals surface area contributed by atoms with Crippen molar-refractivity contribution in [3.63, 3.8) is 0 Å². The predicted molar refractivity (Wildman–Crippen MR) is 122 cm³/mol. The molecule has 2 aromatic rings. The van der Waals surface area contributed by atoms with Crippen LogP contribution in [0.25, 0.3) is 0 Å². The lowest BCUT2D eigenvalue weighted by Crippen LogP contribution is -2.24. The summed E-state index contributed by atoms with van der Waals surface area (Å²) < 4.78 is 75.5. The van der Waals surface area contributed by atoms with E-state index in [0.717, 1.165) is 24.1 Å². The molecule has 0 heterocycles. The van der Waals surface area contributed by atoms with Crippen LogP contribution in [0.1, 0.15) is 80.9 Å². The third-order valence-electron chi connectivity index (χ3n) is 6.59. The first-order valence-electron chi connectivity index (χ1n) is 12.1. The van der Waals surface area contributed by atoms with E-state index < -0.39 is 30.7 Å². The second-order valence-electron chi connectivity index (χ2n) is 9.20. The molecule has 1 fully saturated rings. The summed E-state index contributed by atoms with van der Waals surface area (Å²) in [4.78, 5) is 0. The highest BCUT2D eigenvalue weighted by Crippen LogP contribution is 2.38. The van der Waals surface area contributed by atoms with Crippen LogP contribution in [-0.4, -0.2) is 12.7 Å². The van der Waals surface area contributed by atoms with Crippen molar-refractivity contribution >= 4 is 0 Å². The Kier molecular flexibility index (Phi) is 9.74. The standard InChI is InChI=1S/C27H33F5O2/c1-2-3-4-5-19-6-11-22(12-7-19)23-13-8-20(9-14-23)18-33-27(31,32)17-21-10-15-25(24(28)16-21)34-26(29)30/h8-10,13-16,19,22,26H,2-7,11-12,17-18H2,1H3. The van der Waals surface area contributed by atoms with Crippen LogP contribution >= 0.6 is 0 Å². The number of alkyl halides is 4. The number of hydrogen-bond donors (Lipinski definition) is 0. The highest BCUT2D eigenvalue weighted by atomic mass is 19.3. The normalized spacial score (nSPS) is 18.9. The molecule has 1 aliphatic rings. The quantitative estimate of drug-likeness (QED) is 0.222. The van der Waals surface area contributed by atoms with E-state index in [2.05, 4.69) is 11.7 Å². The van der Waals surface area contributed by atoms with E-state index in [1.54, 1.807) is 0 Å². The monoisotopic (exact) mass is 484 g/mol. The van der Waals surface area contributed by atoms with Crippen molar-refractivity contribution in [2.24, 2.45) is 5.92 Å². The Balaban J connectivity index is 1.47. The van der Waals surface area contributed by atoms with Crippen molar-refractivity contribution in [1.82, 2.24) is 0 Å². The molecule has 0 atom stereocenters. The molecular weight excluding hydrogens is 451 g/mol. The fraction of sp³-hybridized carbons (Fsp3) is 0.556. The van der Waals surface area contributed by atoms with E-state index >= 15 is 0 Å². The highest BCUT2D eigenvalue weighted by molar-refractivity contribution is 5.30. The zero-order chi connectivity index (χ0) is 24.6. The summed E-state index contributed by atoms with van der Waals surface area (Å²) in [6.45, 7) is -1.25. The molecule has 1 saturated carbocycles. The van der Waals surface area contributed by atoms with Gasteiger partial charge in [-0.1, -0.05) is 62.9 Å². The Morgan fingerprint density at radius 1 is 0.941 bits per heavy atom. The first kappa shape index (κ1) is 26.5. The Morgan fingerprint density at radius 2 is 1.62 bits per heavy atom. The van der Waals surface area contributed by atoms with E-state index in [0.29, 0.717) is 11.5 Å². The Hall–Kier alpha value is -2.15. The minimum Gasteiger partial charge on any atom is -0.432 e. The van der Waals surface area contributed by atoms with Crippen LogP contribution in [0.3, 0.4) is 0 Å². The molecular formula is C27H33F5O2. The van der Waals surface area contributed by atoms with Crippen molar-refractivity contribution < 1.29 is 31.4 Å².